The molecule has 0 unspecified atom stereocenters. The molecule has 30 heavy (non-hydrogen) atoms. The molecule has 3 amide bonds. The summed E-state index contributed by atoms with van der Waals surface area (Å²) in [6, 6.07) is -2.25. The van der Waals surface area contributed by atoms with E-state index in [9.17, 15) is 27.4 Å². The Kier molecular flexibility index (Phi) is 10.5. The van der Waals surface area contributed by atoms with Crippen LogP contribution in [0.25, 0.3) is 0 Å². The number of anilines is 1. The fourth-order valence-corrected chi connectivity index (χ4v) is 4.80. The summed E-state index contributed by atoms with van der Waals surface area (Å²) in [6.07, 6.45) is 1.65. The zero-order valence-corrected chi connectivity index (χ0v) is 21.2. The number of alkyl halides is 1. The maximum absolute atomic E-state index is 12.6. The van der Waals surface area contributed by atoms with Gasteiger partial charge in [-0.15, -0.1) is 22.9 Å². The predicted molar refractivity (Wildman–Crippen MR) is 106 cm³/mol. The van der Waals surface area contributed by atoms with E-state index in [2.05, 4.69) is 25.6 Å². The van der Waals surface area contributed by atoms with Crippen molar-refractivity contribution in [3.8, 4) is 0 Å². The Balaban J connectivity index is 0.00000450. The molecule has 0 spiro atoms. The summed E-state index contributed by atoms with van der Waals surface area (Å²) in [7, 11) is -3.81. The first-order valence-electron chi connectivity index (χ1n) is 7.65. The van der Waals surface area contributed by atoms with Gasteiger partial charge in [0.05, 0.1) is 6.04 Å². The van der Waals surface area contributed by atoms with Crippen molar-refractivity contribution < 1.29 is 61.7 Å². The van der Waals surface area contributed by atoms with Crippen molar-refractivity contribution in [3.63, 3.8) is 0 Å². The number of halogens is 1. The molecule has 2 N–H and O–H groups in total. The molecule has 1 aliphatic heterocycles. The largest absolute Gasteiger partial charge is 1.00 e. The van der Waals surface area contributed by atoms with E-state index < -0.39 is 40.1 Å². The fourth-order valence-electron chi connectivity index (χ4n) is 2.38. The van der Waals surface area contributed by atoms with Crippen LogP contribution < -0.4 is 40.2 Å². The van der Waals surface area contributed by atoms with E-state index in [4.69, 9.17) is 11.6 Å². The van der Waals surface area contributed by atoms with Gasteiger partial charge in [-0.1, -0.05) is 5.16 Å². The number of aromatic nitrogens is 1. The molecule has 1 saturated heterocycles. The molecular weight excluding hydrogens is 493 g/mol. The van der Waals surface area contributed by atoms with E-state index in [0.29, 0.717) is 0 Å². The van der Waals surface area contributed by atoms with Crippen LogP contribution in [-0.4, -0.2) is 82.8 Å². The summed E-state index contributed by atoms with van der Waals surface area (Å²) >= 11 is 7.60. The van der Waals surface area contributed by atoms with Crippen molar-refractivity contribution >= 4 is 73.6 Å². The molecule has 0 aliphatic carbocycles. The number of hydrogen-bond acceptors (Lipinski definition) is 11. The Morgan fingerprint density at radius 2 is 2.17 bits per heavy atom. The number of amides is 3. The molecule has 2 rings (SSSR count). The van der Waals surface area contributed by atoms with Crippen molar-refractivity contribution in [3.05, 3.63) is 11.1 Å². The zero-order valence-electron chi connectivity index (χ0n) is 15.9. The third-order valence-electron chi connectivity index (χ3n) is 3.55. The third kappa shape index (κ3) is 6.29. The van der Waals surface area contributed by atoms with Crippen LogP contribution in [-0.2, 0) is 29.5 Å². The Morgan fingerprint density at radius 3 is 2.70 bits per heavy atom. The van der Waals surface area contributed by atoms with Gasteiger partial charge in [-0.2, -0.15) is 11.8 Å². The van der Waals surface area contributed by atoms with E-state index in [-0.39, 0.29) is 62.0 Å². The summed E-state index contributed by atoms with van der Waals surface area (Å²) in [4.78, 5) is 44.7. The monoisotopic (exact) mass is 507 g/mol. The quantitative estimate of drug-likeness (QED) is 0.0849. The van der Waals surface area contributed by atoms with Crippen molar-refractivity contribution in [2.24, 2.45) is 5.16 Å². The number of nitrogens with one attached hydrogen (secondary N) is 2. The zero-order chi connectivity index (χ0) is 21.8. The van der Waals surface area contributed by atoms with Crippen molar-refractivity contribution in [1.82, 2.24) is 14.6 Å². The van der Waals surface area contributed by atoms with E-state index >= 15 is 0 Å². The number of thiazole rings is 1. The number of rotatable bonds is 9. The Morgan fingerprint density at radius 1 is 1.50 bits per heavy atom. The van der Waals surface area contributed by atoms with E-state index in [0.717, 1.165) is 11.3 Å². The standard InChI is InChI=1S/C13H16ClN5O7S3.Na/c1-26-18-9(6-4-28-13(15-6)16-8(20)3-14)11(21)17-10-7(5-27-2)19(12(10)22)29(23,24)25;/h4,7,10H,3,5H2,1-2H3,(H,17,21)(H,15,16,20)(H,23,24,25);/q;+1/p-1/b18-9-;/t7-,10+;/m0./s1. The molecule has 0 aromatic carbocycles. The number of carbonyl (C=O) groups excluding carboxylic acids is 3. The molecule has 160 valence electrons. The number of β-lactam (4-membered cyclic amide) rings is 1. The van der Waals surface area contributed by atoms with Crippen LogP contribution in [0.4, 0.5) is 5.13 Å². The molecule has 2 heterocycles. The summed E-state index contributed by atoms with van der Waals surface area (Å²) in [6.45, 7) is 0. The van der Waals surface area contributed by atoms with Gasteiger partial charge in [-0.05, 0) is 6.26 Å². The minimum atomic E-state index is -5.00. The van der Waals surface area contributed by atoms with Gasteiger partial charge >= 0.3 is 29.6 Å². The van der Waals surface area contributed by atoms with Gasteiger partial charge in [0.15, 0.2) is 21.1 Å². The van der Waals surface area contributed by atoms with Gasteiger partial charge in [-0.3, -0.25) is 14.4 Å². The minimum absolute atomic E-state index is 0. The van der Waals surface area contributed by atoms with Crippen LogP contribution in [0.2, 0.25) is 0 Å². The fraction of sp³-hybridized carbons (Fsp3) is 0.462. The van der Waals surface area contributed by atoms with Crippen LogP contribution >= 0.6 is 34.7 Å². The Bertz CT molecular complexity index is 941. The molecule has 1 aliphatic rings. The molecule has 12 nitrogen and oxygen atoms in total. The van der Waals surface area contributed by atoms with Crippen LogP contribution in [0, 0.1) is 0 Å². The molecule has 1 aromatic heterocycles. The van der Waals surface area contributed by atoms with E-state index in [1.54, 1.807) is 6.26 Å². The van der Waals surface area contributed by atoms with Gasteiger partial charge in [0.1, 0.15) is 24.7 Å². The first-order chi connectivity index (χ1) is 13.6. The van der Waals surface area contributed by atoms with Crippen LogP contribution in [0.1, 0.15) is 5.69 Å². The smallest absolute Gasteiger partial charge is 0.731 e. The summed E-state index contributed by atoms with van der Waals surface area (Å²) in [5, 5.41) is 9.91. The molecule has 2 atom stereocenters. The SMILES string of the molecule is CO/N=C(\C(=O)N[C@H]1C(=O)N(S(=O)(=O)[O-])[C@H]1CSC)c1csc(NC(=O)CCl)n1.[Na+]. The second kappa shape index (κ2) is 11.6. The maximum Gasteiger partial charge on any atom is 1.00 e. The first-order valence-corrected chi connectivity index (χ1v) is 11.8. The van der Waals surface area contributed by atoms with Gasteiger partial charge < -0.3 is 20.0 Å². The van der Waals surface area contributed by atoms with Crippen molar-refractivity contribution in [2.45, 2.75) is 12.1 Å². The van der Waals surface area contributed by atoms with Gasteiger partial charge in [0, 0.05) is 11.1 Å². The van der Waals surface area contributed by atoms with Crippen LogP contribution in [0.5, 0.6) is 0 Å². The second-order valence-electron chi connectivity index (χ2n) is 5.41. The summed E-state index contributed by atoms with van der Waals surface area (Å²) in [5.74, 6) is -2.59. The molecule has 1 aromatic rings. The van der Waals surface area contributed by atoms with Gasteiger partial charge in [0.25, 0.3) is 11.8 Å². The minimum Gasteiger partial charge on any atom is -0.731 e. The first kappa shape index (κ1) is 27.1. The number of hydrogen-bond donors (Lipinski definition) is 2. The predicted octanol–water partition coefficient (Wildman–Crippen LogP) is -3.81. The van der Waals surface area contributed by atoms with E-state index in [1.807, 2.05) is 0 Å². The molecule has 0 radical (unpaired) electrons. The Hall–Kier alpha value is -0.940. The number of nitrogens with zero attached hydrogens (tertiary/aromatic N) is 3. The third-order valence-corrected chi connectivity index (χ3v) is 6.15. The average molecular weight is 508 g/mol. The van der Waals surface area contributed by atoms with Gasteiger partial charge in [-0.25, -0.2) is 17.7 Å². The topological polar surface area (TPSA) is 170 Å². The van der Waals surface area contributed by atoms with Gasteiger partial charge in [0.2, 0.25) is 5.91 Å². The number of carbonyl (C=O) groups is 3. The number of oxime groups is 1. The van der Waals surface area contributed by atoms with E-state index in [1.165, 1.54) is 24.3 Å². The summed E-state index contributed by atoms with van der Waals surface area (Å²) < 4.78 is 33.9. The molecule has 1 fully saturated rings. The maximum atomic E-state index is 12.6. The van der Waals surface area contributed by atoms with Crippen LogP contribution in [0.15, 0.2) is 10.5 Å². The normalized spacial score (nSPS) is 18.9. The van der Waals surface area contributed by atoms with Crippen molar-refractivity contribution in [2.75, 3.05) is 30.3 Å². The van der Waals surface area contributed by atoms with Crippen molar-refractivity contribution in [1.29, 1.82) is 0 Å². The average Bonchev–Trinajstić information content (AvgIpc) is 3.10. The second-order valence-corrected chi connectivity index (χ2v) is 8.69. The molecular formula is C13H15ClN5NaO7S3. The number of thioether (sulfide) groups is 1. The molecule has 0 bridgehead atoms. The van der Waals surface area contributed by atoms with Crippen LogP contribution in [0.3, 0.4) is 0 Å². The Labute approximate surface area is 207 Å². The molecule has 0 saturated carbocycles. The molecule has 17 heteroatoms. The summed E-state index contributed by atoms with van der Waals surface area (Å²) in [5.41, 5.74) is -0.269.